The van der Waals surface area contributed by atoms with Crippen molar-refractivity contribution >= 4 is 5.69 Å². The highest BCUT2D eigenvalue weighted by Gasteiger charge is 2.20. The highest BCUT2D eigenvalue weighted by molar-refractivity contribution is 5.54. The molecule has 0 aliphatic carbocycles. The van der Waals surface area contributed by atoms with Crippen LogP contribution in [0.15, 0.2) is 18.2 Å². The summed E-state index contributed by atoms with van der Waals surface area (Å²) in [6, 6.07) is 6.73. The van der Waals surface area contributed by atoms with Crippen molar-refractivity contribution in [3.63, 3.8) is 0 Å². The number of hydrogen-bond donors (Lipinski definition) is 2. The van der Waals surface area contributed by atoms with Gasteiger partial charge in [-0.05, 0) is 49.4 Å². The van der Waals surface area contributed by atoms with Gasteiger partial charge in [0.2, 0.25) is 0 Å². The first-order valence-electron chi connectivity index (χ1n) is 7.40. The van der Waals surface area contributed by atoms with Gasteiger partial charge in [0, 0.05) is 31.9 Å². The molecule has 19 heavy (non-hydrogen) atoms. The second kappa shape index (κ2) is 6.92. The molecule has 1 aromatic carbocycles. The van der Waals surface area contributed by atoms with Crippen molar-refractivity contribution in [2.24, 2.45) is 5.92 Å². The Kier molecular flexibility index (Phi) is 5.23. The highest BCUT2D eigenvalue weighted by Crippen LogP contribution is 2.26. The fraction of sp³-hybridized carbons (Fsp3) is 0.625. The summed E-state index contributed by atoms with van der Waals surface area (Å²) in [6.07, 6.45) is 2.34. The molecule has 0 saturated carbocycles. The molecule has 1 aliphatic rings. The summed E-state index contributed by atoms with van der Waals surface area (Å²) >= 11 is 0. The van der Waals surface area contributed by atoms with E-state index < -0.39 is 0 Å². The van der Waals surface area contributed by atoms with Crippen molar-refractivity contribution in [2.75, 3.05) is 31.1 Å². The van der Waals surface area contributed by atoms with Gasteiger partial charge in [0.15, 0.2) is 0 Å². The zero-order chi connectivity index (χ0) is 13.7. The molecule has 1 fully saturated rings. The van der Waals surface area contributed by atoms with E-state index in [-0.39, 0.29) is 0 Å². The third-order valence-electron chi connectivity index (χ3n) is 3.96. The predicted molar refractivity (Wildman–Crippen MR) is 80.6 cm³/mol. The van der Waals surface area contributed by atoms with Crippen LogP contribution in [0.3, 0.4) is 0 Å². The van der Waals surface area contributed by atoms with E-state index >= 15 is 0 Å². The first-order chi connectivity index (χ1) is 9.24. The molecular weight excluding hydrogens is 236 g/mol. The Morgan fingerprint density at radius 1 is 1.42 bits per heavy atom. The first kappa shape index (κ1) is 14.4. The Balaban J connectivity index is 2.07. The van der Waals surface area contributed by atoms with Crippen LogP contribution < -0.4 is 10.2 Å². The van der Waals surface area contributed by atoms with Crippen LogP contribution in [0.25, 0.3) is 0 Å². The Morgan fingerprint density at radius 3 is 2.95 bits per heavy atom. The van der Waals surface area contributed by atoms with E-state index in [1.807, 2.05) is 0 Å². The maximum atomic E-state index is 9.33. The first-order valence-corrected chi connectivity index (χ1v) is 7.40. The summed E-state index contributed by atoms with van der Waals surface area (Å²) < 4.78 is 0. The Hall–Kier alpha value is -1.06. The van der Waals surface area contributed by atoms with E-state index in [2.05, 4.69) is 42.3 Å². The smallest absolute Gasteiger partial charge is 0.0476 e. The van der Waals surface area contributed by atoms with Crippen LogP contribution in [-0.2, 0) is 6.54 Å². The van der Waals surface area contributed by atoms with Gasteiger partial charge in [0.25, 0.3) is 0 Å². The summed E-state index contributed by atoms with van der Waals surface area (Å²) in [5.41, 5.74) is 4.02. The molecule has 0 aromatic heterocycles. The minimum Gasteiger partial charge on any atom is -0.396 e. The lowest BCUT2D eigenvalue weighted by Gasteiger charge is -2.34. The lowest BCUT2D eigenvalue weighted by Crippen LogP contribution is -2.37. The molecular formula is C16H26N2O. The van der Waals surface area contributed by atoms with E-state index in [0.29, 0.717) is 12.5 Å². The normalized spacial score (nSPS) is 19.7. The lowest BCUT2D eigenvalue weighted by atomic mass is 9.97. The van der Waals surface area contributed by atoms with Crippen molar-refractivity contribution in [1.29, 1.82) is 0 Å². The summed E-state index contributed by atoms with van der Waals surface area (Å²) in [4.78, 5) is 2.43. The van der Waals surface area contributed by atoms with Gasteiger partial charge >= 0.3 is 0 Å². The minimum absolute atomic E-state index is 0.314. The van der Waals surface area contributed by atoms with E-state index in [1.165, 1.54) is 23.2 Å². The van der Waals surface area contributed by atoms with Gasteiger partial charge in [0.05, 0.1) is 0 Å². The average molecular weight is 262 g/mol. The SMILES string of the molecule is CCNCc1ccc(N2CCCC(CO)C2)c(C)c1. The number of nitrogens with one attached hydrogen (secondary N) is 1. The second-order valence-corrected chi connectivity index (χ2v) is 5.54. The number of hydrogen-bond acceptors (Lipinski definition) is 3. The maximum Gasteiger partial charge on any atom is 0.0476 e. The maximum absolute atomic E-state index is 9.33. The van der Waals surface area contributed by atoms with E-state index in [9.17, 15) is 5.11 Å². The number of piperidine rings is 1. The molecule has 1 aliphatic heterocycles. The summed E-state index contributed by atoms with van der Waals surface area (Å²) in [5.74, 6) is 0.439. The zero-order valence-corrected chi connectivity index (χ0v) is 12.2. The number of aliphatic hydroxyl groups excluding tert-OH is 1. The van der Waals surface area contributed by atoms with Crippen molar-refractivity contribution in [1.82, 2.24) is 5.32 Å². The van der Waals surface area contributed by atoms with Crippen LogP contribution >= 0.6 is 0 Å². The molecule has 106 valence electrons. The second-order valence-electron chi connectivity index (χ2n) is 5.54. The Labute approximate surface area is 116 Å². The number of aryl methyl sites for hydroxylation is 1. The molecule has 0 amide bonds. The molecule has 1 atom stereocenters. The third kappa shape index (κ3) is 3.71. The number of rotatable bonds is 5. The van der Waals surface area contributed by atoms with Crippen LogP contribution in [0.5, 0.6) is 0 Å². The van der Waals surface area contributed by atoms with Crippen molar-refractivity contribution in [2.45, 2.75) is 33.2 Å². The van der Waals surface area contributed by atoms with Gasteiger partial charge in [0.1, 0.15) is 0 Å². The fourth-order valence-electron chi connectivity index (χ4n) is 2.88. The molecule has 1 aromatic rings. The summed E-state index contributed by atoms with van der Waals surface area (Å²) in [5, 5.41) is 12.7. The van der Waals surface area contributed by atoms with E-state index in [4.69, 9.17) is 0 Å². The number of anilines is 1. The number of benzene rings is 1. The Morgan fingerprint density at radius 2 is 2.26 bits per heavy atom. The molecule has 3 nitrogen and oxygen atoms in total. The Bertz CT molecular complexity index is 406. The van der Waals surface area contributed by atoms with Crippen molar-refractivity contribution in [3.05, 3.63) is 29.3 Å². The number of aliphatic hydroxyl groups is 1. The van der Waals surface area contributed by atoms with Crippen molar-refractivity contribution < 1.29 is 5.11 Å². The molecule has 1 saturated heterocycles. The quantitative estimate of drug-likeness (QED) is 0.855. The molecule has 0 radical (unpaired) electrons. The van der Waals surface area contributed by atoms with Crippen LogP contribution in [0.4, 0.5) is 5.69 Å². The topological polar surface area (TPSA) is 35.5 Å². The third-order valence-corrected chi connectivity index (χ3v) is 3.96. The lowest BCUT2D eigenvalue weighted by molar-refractivity contribution is 0.208. The monoisotopic (exact) mass is 262 g/mol. The largest absolute Gasteiger partial charge is 0.396 e. The van der Waals surface area contributed by atoms with Gasteiger partial charge in [-0.25, -0.2) is 0 Å². The highest BCUT2D eigenvalue weighted by atomic mass is 16.3. The standard InChI is InChI=1S/C16H26N2O/c1-3-17-10-14-6-7-16(13(2)9-14)18-8-4-5-15(11-18)12-19/h6-7,9,15,17,19H,3-5,8,10-12H2,1-2H3. The van der Waals surface area contributed by atoms with Gasteiger partial charge in [-0.1, -0.05) is 19.1 Å². The summed E-state index contributed by atoms with van der Waals surface area (Å²) in [7, 11) is 0. The minimum atomic E-state index is 0.314. The van der Waals surface area contributed by atoms with Crippen LogP contribution in [0.2, 0.25) is 0 Å². The van der Waals surface area contributed by atoms with Crippen LogP contribution in [-0.4, -0.2) is 31.3 Å². The molecule has 0 bridgehead atoms. The van der Waals surface area contributed by atoms with Crippen LogP contribution in [0.1, 0.15) is 30.9 Å². The molecule has 0 spiro atoms. The van der Waals surface area contributed by atoms with Gasteiger partial charge in [-0.2, -0.15) is 0 Å². The molecule has 2 rings (SSSR count). The van der Waals surface area contributed by atoms with Crippen molar-refractivity contribution in [3.8, 4) is 0 Å². The molecule has 3 heteroatoms. The summed E-state index contributed by atoms with van der Waals surface area (Å²) in [6.45, 7) is 8.68. The molecule has 1 unspecified atom stereocenters. The van der Waals surface area contributed by atoms with E-state index in [0.717, 1.165) is 32.6 Å². The fourth-order valence-corrected chi connectivity index (χ4v) is 2.88. The predicted octanol–water partition coefficient (Wildman–Crippen LogP) is 2.31. The number of nitrogens with zero attached hydrogens (tertiary/aromatic N) is 1. The van der Waals surface area contributed by atoms with E-state index in [1.54, 1.807) is 0 Å². The van der Waals surface area contributed by atoms with Crippen LogP contribution in [0, 0.1) is 12.8 Å². The van der Waals surface area contributed by atoms with Gasteiger partial charge < -0.3 is 15.3 Å². The average Bonchev–Trinajstić information content (AvgIpc) is 2.45. The zero-order valence-electron chi connectivity index (χ0n) is 12.2. The molecule has 2 N–H and O–H groups in total. The molecule has 1 heterocycles. The van der Waals surface area contributed by atoms with Gasteiger partial charge in [-0.3, -0.25) is 0 Å². The van der Waals surface area contributed by atoms with Gasteiger partial charge in [-0.15, -0.1) is 0 Å².